The molecular formula is C12H23NO3. The van der Waals surface area contributed by atoms with Crippen molar-refractivity contribution >= 4 is 5.97 Å². The van der Waals surface area contributed by atoms with Crippen LogP contribution < -0.4 is 0 Å². The van der Waals surface area contributed by atoms with E-state index < -0.39 is 0 Å². The number of rotatable bonds is 6. The Labute approximate surface area is 97.9 Å². The van der Waals surface area contributed by atoms with Crippen molar-refractivity contribution in [2.75, 3.05) is 32.8 Å². The molecule has 0 N–H and O–H groups in total. The molecule has 0 saturated carbocycles. The van der Waals surface area contributed by atoms with Gasteiger partial charge in [-0.15, -0.1) is 0 Å². The molecule has 0 spiro atoms. The summed E-state index contributed by atoms with van der Waals surface area (Å²) < 4.78 is 10.2. The number of nitrogens with zero attached hydrogens (tertiary/aromatic N) is 1. The molecule has 0 atom stereocenters. The molecule has 0 aromatic heterocycles. The number of piperidine rings is 1. The summed E-state index contributed by atoms with van der Waals surface area (Å²) in [7, 11) is 0. The molecule has 0 amide bonds. The zero-order valence-electron chi connectivity index (χ0n) is 10.4. The first-order valence-corrected chi connectivity index (χ1v) is 6.18. The molecule has 1 saturated heterocycles. The van der Waals surface area contributed by atoms with Crippen LogP contribution in [0.2, 0.25) is 0 Å². The predicted octanol–water partition coefficient (Wildman–Crippen LogP) is 1.44. The number of carbonyl (C=O) groups excluding carboxylic acids is 1. The van der Waals surface area contributed by atoms with Gasteiger partial charge in [-0.3, -0.25) is 4.90 Å². The molecule has 4 heteroatoms. The van der Waals surface area contributed by atoms with Crippen LogP contribution in [0.3, 0.4) is 0 Å². The molecule has 16 heavy (non-hydrogen) atoms. The van der Waals surface area contributed by atoms with E-state index >= 15 is 0 Å². The highest BCUT2D eigenvalue weighted by Gasteiger charge is 2.10. The number of likely N-dealkylation sites (tertiary alicyclic amines) is 1. The third-order valence-corrected chi connectivity index (χ3v) is 2.65. The van der Waals surface area contributed by atoms with E-state index in [0.29, 0.717) is 6.61 Å². The highest BCUT2D eigenvalue weighted by Crippen LogP contribution is 2.07. The van der Waals surface area contributed by atoms with Crippen molar-refractivity contribution in [3.8, 4) is 0 Å². The lowest BCUT2D eigenvalue weighted by atomic mass is 10.1. The molecule has 1 aliphatic heterocycles. The first-order chi connectivity index (χ1) is 7.68. The average molecular weight is 229 g/mol. The number of hydrogen-bond acceptors (Lipinski definition) is 4. The van der Waals surface area contributed by atoms with Crippen molar-refractivity contribution in [1.82, 2.24) is 4.90 Å². The molecule has 0 unspecified atom stereocenters. The van der Waals surface area contributed by atoms with Crippen LogP contribution in [0.25, 0.3) is 0 Å². The highest BCUT2D eigenvalue weighted by molar-refractivity contribution is 5.70. The van der Waals surface area contributed by atoms with E-state index in [0.717, 1.165) is 19.6 Å². The maximum absolute atomic E-state index is 11.2. The molecule has 4 nitrogen and oxygen atoms in total. The van der Waals surface area contributed by atoms with Crippen molar-refractivity contribution in [3.05, 3.63) is 0 Å². The van der Waals surface area contributed by atoms with E-state index in [4.69, 9.17) is 9.47 Å². The highest BCUT2D eigenvalue weighted by atomic mass is 16.6. The molecule has 1 aliphatic rings. The van der Waals surface area contributed by atoms with Crippen molar-refractivity contribution in [2.45, 2.75) is 39.2 Å². The van der Waals surface area contributed by atoms with E-state index in [9.17, 15) is 4.79 Å². The maximum Gasteiger partial charge on any atom is 0.332 e. The summed E-state index contributed by atoms with van der Waals surface area (Å²) in [6.07, 6.45) is 3.95. The Morgan fingerprint density at radius 3 is 2.56 bits per heavy atom. The first kappa shape index (κ1) is 13.5. The molecule has 1 heterocycles. The largest absolute Gasteiger partial charge is 0.463 e. The van der Waals surface area contributed by atoms with E-state index in [1.807, 2.05) is 13.8 Å². The standard InChI is InChI=1S/C12H23NO3/c1-11(2)16-10-12(14)15-9-8-13-6-4-3-5-7-13/h11H,3-10H2,1-2H3. The summed E-state index contributed by atoms with van der Waals surface area (Å²) in [5.74, 6) is -0.259. The summed E-state index contributed by atoms with van der Waals surface area (Å²) in [4.78, 5) is 13.6. The Morgan fingerprint density at radius 2 is 1.94 bits per heavy atom. The Balaban J connectivity index is 1.99. The molecule has 0 bridgehead atoms. The lowest BCUT2D eigenvalue weighted by molar-refractivity contribution is -0.150. The second kappa shape index (κ2) is 7.63. The van der Waals surface area contributed by atoms with Crippen LogP contribution in [-0.2, 0) is 14.3 Å². The number of esters is 1. The number of ether oxygens (including phenoxy) is 2. The Kier molecular flexibility index (Phi) is 6.42. The van der Waals surface area contributed by atoms with Crippen LogP contribution in [0.15, 0.2) is 0 Å². The van der Waals surface area contributed by atoms with Crippen LogP contribution in [0, 0.1) is 0 Å². The second-order valence-electron chi connectivity index (χ2n) is 4.48. The minimum absolute atomic E-state index is 0.0671. The summed E-state index contributed by atoms with van der Waals surface area (Å²) in [5.41, 5.74) is 0. The lowest BCUT2D eigenvalue weighted by Crippen LogP contribution is -2.33. The molecule has 0 aromatic rings. The molecule has 1 rings (SSSR count). The minimum Gasteiger partial charge on any atom is -0.463 e. The molecule has 94 valence electrons. The van der Waals surface area contributed by atoms with Crippen molar-refractivity contribution in [3.63, 3.8) is 0 Å². The van der Waals surface area contributed by atoms with Crippen LogP contribution in [0.1, 0.15) is 33.1 Å². The van der Waals surface area contributed by atoms with Crippen molar-refractivity contribution in [1.29, 1.82) is 0 Å². The average Bonchev–Trinajstić information content (AvgIpc) is 2.28. The first-order valence-electron chi connectivity index (χ1n) is 6.18. The fourth-order valence-electron chi connectivity index (χ4n) is 1.75. The number of hydrogen-bond donors (Lipinski definition) is 0. The van der Waals surface area contributed by atoms with Crippen LogP contribution >= 0.6 is 0 Å². The third-order valence-electron chi connectivity index (χ3n) is 2.65. The summed E-state index contributed by atoms with van der Waals surface area (Å²) in [5, 5.41) is 0. The molecule has 0 aromatic carbocycles. The lowest BCUT2D eigenvalue weighted by Gasteiger charge is -2.25. The second-order valence-corrected chi connectivity index (χ2v) is 4.48. The topological polar surface area (TPSA) is 38.8 Å². The smallest absolute Gasteiger partial charge is 0.332 e. The van der Waals surface area contributed by atoms with Crippen molar-refractivity contribution in [2.24, 2.45) is 0 Å². The van der Waals surface area contributed by atoms with Gasteiger partial charge in [0.05, 0.1) is 6.10 Å². The van der Waals surface area contributed by atoms with Crippen LogP contribution in [0.5, 0.6) is 0 Å². The Bertz CT molecular complexity index is 200. The molecular weight excluding hydrogens is 206 g/mol. The number of carbonyl (C=O) groups is 1. The summed E-state index contributed by atoms with van der Waals surface area (Å²) in [6, 6.07) is 0. The van der Waals surface area contributed by atoms with Crippen molar-refractivity contribution < 1.29 is 14.3 Å². The fourth-order valence-corrected chi connectivity index (χ4v) is 1.75. The molecule has 1 fully saturated rings. The Hall–Kier alpha value is -0.610. The van der Waals surface area contributed by atoms with Gasteiger partial charge in [-0.05, 0) is 39.8 Å². The van der Waals surface area contributed by atoms with Gasteiger partial charge in [-0.1, -0.05) is 6.42 Å². The van der Waals surface area contributed by atoms with Crippen LogP contribution in [-0.4, -0.2) is 49.8 Å². The molecule has 0 aliphatic carbocycles. The third kappa shape index (κ3) is 6.08. The van der Waals surface area contributed by atoms with Gasteiger partial charge in [-0.25, -0.2) is 4.79 Å². The summed E-state index contributed by atoms with van der Waals surface area (Å²) >= 11 is 0. The SMILES string of the molecule is CC(C)OCC(=O)OCCN1CCCCC1. The normalized spacial score (nSPS) is 17.7. The maximum atomic E-state index is 11.2. The van der Waals surface area contributed by atoms with Gasteiger partial charge >= 0.3 is 5.97 Å². The van der Waals surface area contributed by atoms with Gasteiger partial charge in [0.2, 0.25) is 0 Å². The predicted molar refractivity (Wildman–Crippen MR) is 62.3 cm³/mol. The Morgan fingerprint density at radius 1 is 1.25 bits per heavy atom. The zero-order chi connectivity index (χ0) is 11.8. The van der Waals surface area contributed by atoms with Gasteiger partial charge < -0.3 is 9.47 Å². The minimum atomic E-state index is -0.259. The van der Waals surface area contributed by atoms with Gasteiger partial charge in [0, 0.05) is 6.54 Å². The van der Waals surface area contributed by atoms with Gasteiger partial charge in [-0.2, -0.15) is 0 Å². The van der Waals surface area contributed by atoms with Crippen LogP contribution in [0.4, 0.5) is 0 Å². The molecule has 0 radical (unpaired) electrons. The van der Waals surface area contributed by atoms with Gasteiger partial charge in [0.1, 0.15) is 13.2 Å². The zero-order valence-corrected chi connectivity index (χ0v) is 10.4. The van der Waals surface area contributed by atoms with Gasteiger partial charge in [0.15, 0.2) is 0 Å². The van der Waals surface area contributed by atoms with E-state index in [1.165, 1.54) is 19.3 Å². The van der Waals surface area contributed by atoms with Gasteiger partial charge in [0.25, 0.3) is 0 Å². The van der Waals surface area contributed by atoms with E-state index in [2.05, 4.69) is 4.90 Å². The summed E-state index contributed by atoms with van der Waals surface area (Å²) in [6.45, 7) is 7.49. The van der Waals surface area contributed by atoms with E-state index in [1.54, 1.807) is 0 Å². The monoisotopic (exact) mass is 229 g/mol. The fraction of sp³-hybridized carbons (Fsp3) is 0.917. The quantitative estimate of drug-likeness (QED) is 0.646. The van der Waals surface area contributed by atoms with E-state index in [-0.39, 0.29) is 18.7 Å².